The van der Waals surface area contributed by atoms with Crippen LogP contribution >= 0.6 is 11.8 Å². The Morgan fingerprint density at radius 1 is 0.951 bits per heavy atom. The maximum absolute atomic E-state index is 13.5. The number of carbonyl (C=O) groups excluding carboxylic acids is 1. The van der Waals surface area contributed by atoms with Crippen LogP contribution in [0.3, 0.4) is 0 Å². The van der Waals surface area contributed by atoms with Crippen LogP contribution in [0.2, 0.25) is 0 Å². The summed E-state index contributed by atoms with van der Waals surface area (Å²) in [5, 5.41) is 0. The van der Waals surface area contributed by atoms with Gasteiger partial charge in [0.25, 0.3) is 15.9 Å². The summed E-state index contributed by atoms with van der Waals surface area (Å²) in [5.41, 5.74) is 3.66. The topological polar surface area (TPSA) is 82.1 Å². The molecule has 1 aliphatic heterocycles. The second-order valence-corrected chi connectivity index (χ2v) is 13.1. The van der Waals surface area contributed by atoms with E-state index < -0.39 is 10.0 Å². The van der Waals surface area contributed by atoms with Crippen LogP contribution < -0.4 is 9.62 Å². The first-order valence-electron chi connectivity index (χ1n) is 14.3. The normalized spacial score (nSPS) is 16.7. The van der Waals surface area contributed by atoms with E-state index >= 15 is 0 Å². The molecule has 0 unspecified atom stereocenters. The maximum Gasteiger partial charge on any atom is 0.264 e. The van der Waals surface area contributed by atoms with Gasteiger partial charge in [0.2, 0.25) is 0 Å². The molecule has 1 saturated carbocycles. The molecule has 1 heterocycles. The highest BCUT2D eigenvalue weighted by atomic mass is 32.2. The Labute approximate surface area is 248 Å². The van der Waals surface area contributed by atoms with Crippen molar-refractivity contribution in [3.8, 4) is 0 Å². The van der Waals surface area contributed by atoms with Crippen LogP contribution in [0.15, 0.2) is 81.5 Å². The summed E-state index contributed by atoms with van der Waals surface area (Å²) >= 11 is 1.72. The molecular weight excluding hydrogens is 553 g/mol. The zero-order valence-electron chi connectivity index (χ0n) is 23.8. The molecule has 0 radical (unpaired) electrons. The lowest BCUT2D eigenvalue weighted by atomic mass is 9.83. The molecule has 2 aliphatic rings. The second-order valence-electron chi connectivity index (χ2n) is 10.6. The Morgan fingerprint density at radius 3 is 2.34 bits per heavy atom. The molecule has 7 nitrogen and oxygen atoms in total. The van der Waals surface area contributed by atoms with Crippen LogP contribution in [0.5, 0.6) is 0 Å². The van der Waals surface area contributed by atoms with Gasteiger partial charge in [0.1, 0.15) is 4.90 Å². The minimum atomic E-state index is -3.88. The van der Waals surface area contributed by atoms with Crippen molar-refractivity contribution in [2.75, 3.05) is 42.1 Å². The van der Waals surface area contributed by atoms with Crippen molar-refractivity contribution >= 4 is 51.0 Å². The maximum atomic E-state index is 13.5. The van der Waals surface area contributed by atoms with Crippen molar-refractivity contribution in [3.05, 3.63) is 77.9 Å². The van der Waals surface area contributed by atoms with Crippen LogP contribution in [-0.4, -0.2) is 57.9 Å². The van der Waals surface area contributed by atoms with Crippen LogP contribution in [0.4, 0.5) is 17.1 Å². The SMILES string of the molecule is CC=Nc1c(C2CCCCC2)cccc1S(=O)(=O)Nc1ccc(C(=O)N2CCN(c3cccc(SC)c3)CC2)cc1. The van der Waals surface area contributed by atoms with Gasteiger partial charge >= 0.3 is 0 Å². The average Bonchev–Trinajstić information content (AvgIpc) is 3.01. The lowest BCUT2D eigenvalue weighted by Crippen LogP contribution is -2.48. The lowest BCUT2D eigenvalue weighted by molar-refractivity contribution is 0.0747. The standard InChI is InChI=1S/C32H38N4O3S2/c1-3-33-31-29(24-9-5-4-6-10-24)13-8-14-30(31)41(38,39)34-26-17-15-25(16-18-26)32(37)36-21-19-35(20-22-36)27-11-7-12-28(23-27)40-2/h3,7-8,11-18,23-24,34H,4-6,9-10,19-22H2,1-2H3. The van der Waals surface area contributed by atoms with E-state index in [-0.39, 0.29) is 10.8 Å². The molecular formula is C32H38N4O3S2. The molecule has 1 saturated heterocycles. The molecule has 2 fully saturated rings. The van der Waals surface area contributed by atoms with Crippen molar-refractivity contribution in [2.24, 2.45) is 4.99 Å². The van der Waals surface area contributed by atoms with Gasteiger partial charge in [-0.2, -0.15) is 0 Å². The van der Waals surface area contributed by atoms with Crippen LogP contribution in [0, 0.1) is 0 Å². The predicted octanol–water partition coefficient (Wildman–Crippen LogP) is 6.94. The number of benzene rings is 3. The van der Waals surface area contributed by atoms with E-state index in [1.807, 2.05) is 17.0 Å². The third-order valence-corrected chi connectivity index (χ3v) is 10.1. The minimum Gasteiger partial charge on any atom is -0.368 e. The van der Waals surface area contributed by atoms with E-state index in [0.29, 0.717) is 35.9 Å². The third-order valence-electron chi connectivity index (χ3n) is 7.99. The highest BCUT2D eigenvalue weighted by Gasteiger charge is 2.26. The molecule has 0 atom stereocenters. The third kappa shape index (κ3) is 6.79. The molecule has 9 heteroatoms. The number of carbonyl (C=O) groups is 1. The number of aliphatic imine (C=N–C) groups is 1. The molecule has 0 spiro atoms. The first-order chi connectivity index (χ1) is 19.9. The number of nitrogens with zero attached hydrogens (tertiary/aromatic N) is 3. The molecule has 3 aromatic rings. The Hall–Kier alpha value is -3.30. The quantitative estimate of drug-likeness (QED) is 0.227. The number of anilines is 2. The van der Waals surface area contributed by atoms with E-state index in [9.17, 15) is 13.2 Å². The molecule has 216 valence electrons. The van der Waals surface area contributed by atoms with Gasteiger partial charge in [0, 0.05) is 54.2 Å². The van der Waals surface area contributed by atoms with Crippen LogP contribution in [0.25, 0.3) is 0 Å². The Bertz CT molecular complexity index is 1490. The molecule has 1 N–H and O–H groups in total. The highest BCUT2D eigenvalue weighted by Crippen LogP contribution is 2.40. The number of sulfonamides is 1. The fraction of sp³-hybridized carbons (Fsp3) is 0.375. The summed E-state index contributed by atoms with van der Waals surface area (Å²) in [4.78, 5) is 23.3. The molecule has 41 heavy (non-hydrogen) atoms. The highest BCUT2D eigenvalue weighted by molar-refractivity contribution is 7.98. The number of hydrogen-bond acceptors (Lipinski definition) is 6. The zero-order chi connectivity index (χ0) is 28.8. The smallest absolute Gasteiger partial charge is 0.264 e. The fourth-order valence-corrected chi connectivity index (χ4v) is 7.51. The molecule has 5 rings (SSSR count). The van der Waals surface area contributed by atoms with E-state index in [4.69, 9.17) is 0 Å². The molecule has 0 bridgehead atoms. The van der Waals surface area contributed by atoms with Gasteiger partial charge < -0.3 is 9.80 Å². The second kappa shape index (κ2) is 13.1. The number of thioether (sulfide) groups is 1. The number of rotatable bonds is 8. The van der Waals surface area contributed by atoms with Crippen molar-refractivity contribution in [2.45, 2.75) is 54.7 Å². The van der Waals surface area contributed by atoms with Crippen molar-refractivity contribution in [1.82, 2.24) is 4.90 Å². The lowest BCUT2D eigenvalue weighted by Gasteiger charge is -2.36. The Balaban J connectivity index is 1.26. The molecule has 1 amide bonds. The summed E-state index contributed by atoms with van der Waals surface area (Å²) < 4.78 is 29.7. The van der Waals surface area contributed by atoms with E-state index in [0.717, 1.165) is 44.3 Å². The van der Waals surface area contributed by atoms with Crippen LogP contribution in [-0.2, 0) is 10.0 Å². The summed E-state index contributed by atoms with van der Waals surface area (Å²) in [7, 11) is -3.88. The van der Waals surface area contributed by atoms with E-state index in [2.05, 4.69) is 45.1 Å². The molecule has 1 aliphatic carbocycles. The van der Waals surface area contributed by atoms with Crippen molar-refractivity contribution in [1.29, 1.82) is 0 Å². The van der Waals surface area contributed by atoms with Crippen molar-refractivity contribution < 1.29 is 13.2 Å². The van der Waals surface area contributed by atoms with Gasteiger partial charge in [-0.25, -0.2) is 8.42 Å². The number of hydrogen-bond donors (Lipinski definition) is 1. The average molecular weight is 591 g/mol. The summed E-state index contributed by atoms with van der Waals surface area (Å²) in [6.45, 7) is 4.61. The van der Waals surface area contributed by atoms with E-state index in [1.165, 1.54) is 17.0 Å². The van der Waals surface area contributed by atoms with Crippen molar-refractivity contribution in [3.63, 3.8) is 0 Å². The number of para-hydroxylation sites is 1. The van der Waals surface area contributed by atoms with Gasteiger partial charge in [-0.15, -0.1) is 11.8 Å². The number of amides is 1. The Morgan fingerprint density at radius 2 is 1.66 bits per heavy atom. The summed E-state index contributed by atoms with van der Waals surface area (Å²) in [6, 6.07) is 20.6. The monoisotopic (exact) mass is 590 g/mol. The first kappa shape index (κ1) is 29.2. The van der Waals surface area contributed by atoms with Gasteiger partial charge in [0.05, 0.1) is 5.69 Å². The van der Waals surface area contributed by atoms with Gasteiger partial charge in [-0.05, 0) is 86.0 Å². The van der Waals surface area contributed by atoms with Crippen LogP contribution in [0.1, 0.15) is 60.9 Å². The molecule has 0 aromatic heterocycles. The van der Waals surface area contributed by atoms with Gasteiger partial charge in [-0.1, -0.05) is 37.5 Å². The molecule has 3 aromatic carbocycles. The first-order valence-corrected chi connectivity index (χ1v) is 17.0. The zero-order valence-corrected chi connectivity index (χ0v) is 25.4. The predicted molar refractivity (Wildman–Crippen MR) is 170 cm³/mol. The largest absolute Gasteiger partial charge is 0.368 e. The van der Waals surface area contributed by atoms with Gasteiger partial charge in [0.15, 0.2) is 0 Å². The van der Waals surface area contributed by atoms with Gasteiger partial charge in [-0.3, -0.25) is 14.5 Å². The summed E-state index contributed by atoms with van der Waals surface area (Å²) in [5.74, 6) is 0.280. The summed E-state index contributed by atoms with van der Waals surface area (Å²) in [6.07, 6.45) is 9.37. The Kier molecular flexibility index (Phi) is 9.35. The van der Waals surface area contributed by atoms with E-state index in [1.54, 1.807) is 55.2 Å². The number of nitrogens with one attached hydrogen (secondary N) is 1. The number of piperazine rings is 1. The fourth-order valence-electron chi connectivity index (χ4n) is 5.81. The minimum absolute atomic E-state index is 0.0447.